The van der Waals surface area contributed by atoms with Crippen molar-refractivity contribution in [1.29, 1.82) is 0 Å². The molecule has 1 aromatic heterocycles. The van der Waals surface area contributed by atoms with Crippen LogP contribution in [0.2, 0.25) is 0 Å². The van der Waals surface area contributed by atoms with Gasteiger partial charge in [0.25, 0.3) is 11.5 Å². The minimum atomic E-state index is -0.224. The van der Waals surface area contributed by atoms with Crippen LogP contribution in [0, 0.1) is 0 Å². The van der Waals surface area contributed by atoms with Gasteiger partial charge in [0.1, 0.15) is 5.69 Å². The topological polar surface area (TPSA) is 62.0 Å². The Hall–Kier alpha value is -2.36. The van der Waals surface area contributed by atoms with Gasteiger partial charge in [0, 0.05) is 11.9 Å². The second-order valence-electron chi connectivity index (χ2n) is 5.71. The zero-order chi connectivity index (χ0) is 15.4. The highest BCUT2D eigenvalue weighted by Crippen LogP contribution is 2.19. The maximum atomic E-state index is 12.2. The normalized spacial score (nSPS) is 14.6. The molecule has 114 valence electrons. The minimum Gasteiger partial charge on any atom is -0.350 e. The molecule has 1 heterocycles. The second-order valence-corrected chi connectivity index (χ2v) is 5.71. The fourth-order valence-electron chi connectivity index (χ4n) is 2.90. The van der Waals surface area contributed by atoms with Gasteiger partial charge in [-0.3, -0.25) is 9.59 Å². The molecule has 22 heavy (non-hydrogen) atoms. The quantitative estimate of drug-likeness (QED) is 0.851. The predicted molar refractivity (Wildman–Crippen MR) is 88.1 cm³/mol. The van der Waals surface area contributed by atoms with Crippen LogP contribution in [0.1, 0.15) is 42.6 Å². The first-order valence-corrected chi connectivity index (χ1v) is 7.82. The van der Waals surface area contributed by atoms with Gasteiger partial charge < -0.3 is 10.3 Å². The van der Waals surface area contributed by atoms with E-state index in [2.05, 4.69) is 16.4 Å². The summed E-state index contributed by atoms with van der Waals surface area (Å²) in [5.41, 5.74) is 1.53. The van der Waals surface area contributed by atoms with Gasteiger partial charge in [-0.1, -0.05) is 29.8 Å². The van der Waals surface area contributed by atoms with E-state index in [0.717, 1.165) is 24.6 Å². The number of benzene rings is 1. The largest absolute Gasteiger partial charge is 0.350 e. The molecule has 4 heteroatoms. The van der Waals surface area contributed by atoms with Crippen LogP contribution in [0.3, 0.4) is 0 Å². The zero-order valence-electron chi connectivity index (χ0n) is 12.5. The second kappa shape index (κ2) is 6.60. The van der Waals surface area contributed by atoms with Gasteiger partial charge in [-0.05, 0) is 49.6 Å². The van der Waals surface area contributed by atoms with Crippen LogP contribution in [0.5, 0.6) is 0 Å². The minimum absolute atomic E-state index is 0.223. The molecule has 3 rings (SSSR count). The van der Waals surface area contributed by atoms with Crippen molar-refractivity contribution in [3.63, 3.8) is 0 Å². The molecule has 0 bridgehead atoms. The van der Waals surface area contributed by atoms with Crippen molar-refractivity contribution in [2.75, 3.05) is 6.54 Å². The summed E-state index contributed by atoms with van der Waals surface area (Å²) < 4.78 is 0. The Labute approximate surface area is 129 Å². The molecule has 4 nitrogen and oxygen atoms in total. The Bertz CT molecular complexity index is 774. The summed E-state index contributed by atoms with van der Waals surface area (Å²) in [4.78, 5) is 26.8. The number of carbonyl (C=O) groups excluding carboxylic acids is 1. The van der Waals surface area contributed by atoms with E-state index in [1.165, 1.54) is 18.4 Å². The number of carbonyl (C=O) groups is 1. The summed E-state index contributed by atoms with van der Waals surface area (Å²) in [6.45, 7) is 0.611. The summed E-state index contributed by atoms with van der Waals surface area (Å²) in [6, 6.07) is 9.00. The lowest BCUT2D eigenvalue weighted by molar-refractivity contribution is 0.0949. The van der Waals surface area contributed by atoms with Crippen molar-refractivity contribution < 1.29 is 4.79 Å². The highest BCUT2D eigenvalue weighted by atomic mass is 16.2. The SMILES string of the molecule is O=C(NCCC1=CCCCC1)c1cc2ccccc2c(=O)[nH]1. The molecule has 2 aromatic rings. The van der Waals surface area contributed by atoms with Crippen LogP contribution in [0.25, 0.3) is 10.8 Å². The molecule has 2 N–H and O–H groups in total. The number of hydrogen-bond acceptors (Lipinski definition) is 2. The molecule has 1 aromatic carbocycles. The number of H-pyrrole nitrogens is 1. The average Bonchev–Trinajstić information content (AvgIpc) is 2.56. The number of allylic oxidation sites excluding steroid dienone is 1. The maximum absolute atomic E-state index is 12.2. The van der Waals surface area contributed by atoms with Crippen LogP contribution in [0.15, 0.2) is 46.8 Å². The molecule has 1 aliphatic rings. The van der Waals surface area contributed by atoms with E-state index in [1.54, 1.807) is 12.1 Å². The first-order valence-electron chi connectivity index (χ1n) is 7.82. The Kier molecular flexibility index (Phi) is 4.37. The third kappa shape index (κ3) is 3.27. The Morgan fingerprint density at radius 2 is 2.09 bits per heavy atom. The van der Waals surface area contributed by atoms with E-state index < -0.39 is 0 Å². The monoisotopic (exact) mass is 296 g/mol. The lowest BCUT2D eigenvalue weighted by Gasteiger charge is -2.13. The van der Waals surface area contributed by atoms with E-state index in [4.69, 9.17) is 0 Å². The summed E-state index contributed by atoms with van der Waals surface area (Å²) in [6.07, 6.45) is 7.99. The fourth-order valence-corrected chi connectivity index (χ4v) is 2.90. The van der Waals surface area contributed by atoms with Gasteiger partial charge in [-0.2, -0.15) is 0 Å². The molecular weight excluding hydrogens is 276 g/mol. The fraction of sp³-hybridized carbons (Fsp3) is 0.333. The molecule has 1 aliphatic carbocycles. The lowest BCUT2D eigenvalue weighted by Crippen LogP contribution is -2.27. The van der Waals surface area contributed by atoms with E-state index in [-0.39, 0.29) is 11.5 Å². The molecule has 1 amide bonds. The van der Waals surface area contributed by atoms with E-state index in [0.29, 0.717) is 17.6 Å². The summed E-state index contributed by atoms with van der Waals surface area (Å²) in [7, 11) is 0. The van der Waals surface area contributed by atoms with E-state index in [9.17, 15) is 9.59 Å². The third-order valence-corrected chi connectivity index (χ3v) is 4.11. The van der Waals surface area contributed by atoms with E-state index in [1.807, 2.05) is 18.2 Å². The Morgan fingerprint density at radius 3 is 2.91 bits per heavy atom. The molecular formula is C18H20N2O2. The molecule has 0 atom stereocenters. The Balaban J connectivity index is 1.67. The van der Waals surface area contributed by atoms with Gasteiger partial charge in [0.15, 0.2) is 0 Å². The third-order valence-electron chi connectivity index (χ3n) is 4.11. The van der Waals surface area contributed by atoms with Crippen molar-refractivity contribution in [3.8, 4) is 0 Å². The van der Waals surface area contributed by atoms with Gasteiger partial charge in [-0.25, -0.2) is 0 Å². The lowest BCUT2D eigenvalue weighted by atomic mass is 9.97. The van der Waals surface area contributed by atoms with Gasteiger partial charge >= 0.3 is 0 Å². The van der Waals surface area contributed by atoms with Gasteiger partial charge in [0.2, 0.25) is 0 Å². The van der Waals surface area contributed by atoms with Crippen molar-refractivity contribution in [2.45, 2.75) is 32.1 Å². The van der Waals surface area contributed by atoms with Gasteiger partial charge in [-0.15, -0.1) is 0 Å². The number of aromatic nitrogens is 1. The van der Waals surface area contributed by atoms with Crippen molar-refractivity contribution in [3.05, 3.63) is 58.0 Å². The zero-order valence-corrected chi connectivity index (χ0v) is 12.5. The average molecular weight is 296 g/mol. The van der Waals surface area contributed by atoms with Crippen LogP contribution >= 0.6 is 0 Å². The van der Waals surface area contributed by atoms with Crippen LogP contribution in [-0.2, 0) is 0 Å². The number of pyridine rings is 1. The summed E-state index contributed by atoms with van der Waals surface area (Å²) in [5, 5.41) is 4.28. The number of aromatic amines is 1. The number of hydrogen-bond donors (Lipinski definition) is 2. The molecule has 0 saturated carbocycles. The first kappa shape index (κ1) is 14.6. The van der Waals surface area contributed by atoms with Crippen molar-refractivity contribution >= 4 is 16.7 Å². The smallest absolute Gasteiger partial charge is 0.267 e. The Morgan fingerprint density at radius 1 is 1.23 bits per heavy atom. The van der Waals surface area contributed by atoms with E-state index >= 15 is 0 Å². The summed E-state index contributed by atoms with van der Waals surface area (Å²) >= 11 is 0. The molecule has 0 saturated heterocycles. The van der Waals surface area contributed by atoms with Crippen LogP contribution in [-0.4, -0.2) is 17.4 Å². The number of nitrogens with one attached hydrogen (secondary N) is 2. The molecule has 0 spiro atoms. The number of fused-ring (bicyclic) bond motifs is 1. The van der Waals surface area contributed by atoms with Crippen LogP contribution in [0.4, 0.5) is 0 Å². The molecule has 0 fully saturated rings. The van der Waals surface area contributed by atoms with Gasteiger partial charge in [0.05, 0.1) is 0 Å². The molecule has 0 unspecified atom stereocenters. The number of rotatable bonds is 4. The highest BCUT2D eigenvalue weighted by molar-refractivity contribution is 5.96. The predicted octanol–water partition coefficient (Wildman–Crippen LogP) is 3.15. The molecule has 0 aliphatic heterocycles. The van der Waals surface area contributed by atoms with Crippen molar-refractivity contribution in [1.82, 2.24) is 10.3 Å². The number of amides is 1. The van der Waals surface area contributed by atoms with Crippen molar-refractivity contribution in [2.24, 2.45) is 0 Å². The standard InChI is InChI=1S/C18H20N2O2/c21-17-15-9-5-4-8-14(15)12-16(20-17)18(22)19-11-10-13-6-2-1-3-7-13/h4-6,8-9,12H,1-3,7,10-11H2,(H,19,22)(H,20,21). The first-order chi connectivity index (χ1) is 10.7. The highest BCUT2D eigenvalue weighted by Gasteiger charge is 2.10. The molecule has 0 radical (unpaired) electrons. The van der Waals surface area contributed by atoms with Crippen LogP contribution < -0.4 is 10.9 Å². The summed E-state index contributed by atoms with van der Waals surface area (Å²) in [5.74, 6) is -0.223. The maximum Gasteiger partial charge on any atom is 0.267 e.